The van der Waals surface area contributed by atoms with Crippen molar-refractivity contribution in [1.82, 2.24) is 4.98 Å². The summed E-state index contributed by atoms with van der Waals surface area (Å²) in [5, 5.41) is 19.1. The molecule has 0 spiro atoms. The summed E-state index contributed by atoms with van der Waals surface area (Å²) in [7, 11) is 1.63. The fourth-order valence-electron chi connectivity index (χ4n) is 3.63. The first-order chi connectivity index (χ1) is 13.6. The molecular formula is C21H22N3O4+. The number of hydrogen-bond donors (Lipinski definition) is 3. The SMILES string of the molecule is COc1ccccc1[C@@H]1c2ccc(O)cc2Oc2nc[n+](CCCO)c(N)c21. The molecule has 1 aromatic heterocycles. The number of aryl methyl sites for hydroxylation is 1. The highest BCUT2D eigenvalue weighted by molar-refractivity contribution is 5.63. The van der Waals surface area contributed by atoms with Crippen molar-refractivity contribution in [3.8, 4) is 23.1 Å². The quantitative estimate of drug-likeness (QED) is 0.459. The Labute approximate surface area is 162 Å². The number of aromatic hydroxyl groups is 1. The molecule has 2 aromatic carbocycles. The maximum atomic E-state index is 9.91. The van der Waals surface area contributed by atoms with E-state index in [0.717, 1.165) is 22.4 Å². The van der Waals surface area contributed by atoms with Gasteiger partial charge >= 0.3 is 5.88 Å². The Morgan fingerprint density at radius 3 is 2.82 bits per heavy atom. The van der Waals surface area contributed by atoms with E-state index in [1.165, 1.54) is 0 Å². The molecule has 3 aromatic rings. The van der Waals surface area contributed by atoms with E-state index in [9.17, 15) is 10.2 Å². The number of phenolic OH excluding ortho intramolecular Hbond substituents is 1. The first-order valence-electron chi connectivity index (χ1n) is 9.06. The Hall–Kier alpha value is -3.32. The number of nitrogens with zero attached hydrogens (tertiary/aromatic N) is 2. The monoisotopic (exact) mass is 380 g/mol. The molecule has 0 radical (unpaired) electrons. The van der Waals surface area contributed by atoms with Gasteiger partial charge in [-0.1, -0.05) is 29.2 Å². The highest BCUT2D eigenvalue weighted by Crippen LogP contribution is 2.50. The third-order valence-corrected chi connectivity index (χ3v) is 4.94. The predicted molar refractivity (Wildman–Crippen MR) is 103 cm³/mol. The molecule has 0 saturated carbocycles. The molecule has 1 aliphatic rings. The summed E-state index contributed by atoms with van der Waals surface area (Å²) in [4.78, 5) is 4.45. The van der Waals surface area contributed by atoms with Gasteiger partial charge in [-0.05, 0) is 12.1 Å². The van der Waals surface area contributed by atoms with E-state index in [1.807, 2.05) is 34.9 Å². The van der Waals surface area contributed by atoms with Crippen LogP contribution >= 0.6 is 0 Å². The molecular weight excluding hydrogens is 358 g/mol. The minimum Gasteiger partial charge on any atom is -0.508 e. The van der Waals surface area contributed by atoms with Crippen LogP contribution in [0.4, 0.5) is 5.82 Å². The van der Waals surface area contributed by atoms with Crippen LogP contribution in [0.15, 0.2) is 48.8 Å². The summed E-state index contributed by atoms with van der Waals surface area (Å²) < 4.78 is 13.4. The van der Waals surface area contributed by atoms with Gasteiger partial charge in [0.2, 0.25) is 12.1 Å². The minimum absolute atomic E-state index is 0.0675. The fourth-order valence-corrected chi connectivity index (χ4v) is 3.63. The van der Waals surface area contributed by atoms with Crippen LogP contribution in [-0.2, 0) is 6.54 Å². The van der Waals surface area contributed by atoms with E-state index in [-0.39, 0.29) is 18.3 Å². The van der Waals surface area contributed by atoms with Gasteiger partial charge in [0.05, 0.1) is 19.6 Å². The number of rotatable bonds is 5. The molecule has 7 heteroatoms. The zero-order valence-corrected chi connectivity index (χ0v) is 15.5. The molecule has 28 heavy (non-hydrogen) atoms. The van der Waals surface area contributed by atoms with Crippen molar-refractivity contribution >= 4 is 5.82 Å². The molecule has 7 nitrogen and oxygen atoms in total. The summed E-state index contributed by atoms with van der Waals surface area (Å²) >= 11 is 0. The maximum absolute atomic E-state index is 9.91. The Bertz CT molecular complexity index is 1020. The second-order valence-corrected chi connectivity index (χ2v) is 6.62. The number of nitrogens with two attached hydrogens (primary N) is 1. The predicted octanol–water partition coefficient (Wildman–Crippen LogP) is 2.33. The van der Waals surface area contributed by atoms with E-state index in [2.05, 4.69) is 4.98 Å². The summed E-state index contributed by atoms with van der Waals surface area (Å²) in [6.45, 7) is 0.613. The molecule has 144 valence electrons. The van der Waals surface area contributed by atoms with Crippen molar-refractivity contribution in [2.24, 2.45) is 0 Å². The third kappa shape index (κ3) is 2.99. The smallest absolute Gasteiger partial charge is 0.306 e. The van der Waals surface area contributed by atoms with E-state index >= 15 is 0 Å². The number of aliphatic hydroxyl groups is 1. The summed E-state index contributed by atoms with van der Waals surface area (Å²) in [6.07, 6.45) is 2.18. The maximum Gasteiger partial charge on any atom is 0.306 e. The lowest BCUT2D eigenvalue weighted by Crippen LogP contribution is -2.40. The number of benzene rings is 2. The Kier molecular flexibility index (Phi) is 4.75. The number of aromatic nitrogens is 2. The molecule has 0 fully saturated rings. The van der Waals surface area contributed by atoms with E-state index < -0.39 is 0 Å². The Morgan fingerprint density at radius 2 is 2.04 bits per heavy atom. The van der Waals surface area contributed by atoms with Gasteiger partial charge < -0.3 is 25.4 Å². The van der Waals surface area contributed by atoms with E-state index in [0.29, 0.717) is 30.4 Å². The number of anilines is 1. The lowest BCUT2D eigenvalue weighted by atomic mass is 9.83. The average Bonchev–Trinajstić information content (AvgIpc) is 2.71. The number of para-hydroxylation sites is 1. The number of methoxy groups -OCH3 is 1. The molecule has 0 aliphatic carbocycles. The minimum atomic E-state index is -0.274. The molecule has 2 heterocycles. The van der Waals surface area contributed by atoms with E-state index in [1.54, 1.807) is 25.6 Å². The number of phenols is 1. The van der Waals surface area contributed by atoms with Crippen molar-refractivity contribution in [2.75, 3.05) is 19.5 Å². The first-order valence-corrected chi connectivity index (χ1v) is 9.06. The van der Waals surface area contributed by atoms with Crippen LogP contribution in [0, 0.1) is 0 Å². The van der Waals surface area contributed by atoms with Gasteiger partial charge in [-0.15, -0.1) is 0 Å². The van der Waals surface area contributed by atoms with Gasteiger partial charge in [-0.3, -0.25) is 0 Å². The lowest BCUT2D eigenvalue weighted by molar-refractivity contribution is -0.686. The highest BCUT2D eigenvalue weighted by atomic mass is 16.5. The Morgan fingerprint density at radius 1 is 1.21 bits per heavy atom. The number of ether oxygens (including phenoxy) is 2. The van der Waals surface area contributed by atoms with E-state index in [4.69, 9.17) is 15.2 Å². The molecule has 0 bridgehead atoms. The molecule has 1 atom stereocenters. The summed E-state index contributed by atoms with van der Waals surface area (Å²) in [5.41, 5.74) is 9.05. The van der Waals surface area contributed by atoms with Gasteiger partial charge in [0, 0.05) is 30.2 Å². The van der Waals surface area contributed by atoms with Crippen LogP contribution in [-0.4, -0.2) is 28.9 Å². The largest absolute Gasteiger partial charge is 0.508 e. The fraction of sp³-hybridized carbons (Fsp3) is 0.238. The normalized spacial score (nSPS) is 14.7. The number of hydrogen-bond acceptors (Lipinski definition) is 6. The highest BCUT2D eigenvalue weighted by Gasteiger charge is 2.37. The topological polar surface area (TPSA) is 102 Å². The van der Waals surface area contributed by atoms with Crippen LogP contribution in [0.5, 0.6) is 23.1 Å². The summed E-state index contributed by atoms with van der Waals surface area (Å²) in [5.74, 6) is 2.01. The number of aliphatic hydroxyl groups excluding tert-OH is 1. The van der Waals surface area contributed by atoms with Gasteiger partial charge in [0.1, 0.15) is 22.8 Å². The van der Waals surface area contributed by atoms with Crippen LogP contribution in [0.2, 0.25) is 0 Å². The van der Waals surface area contributed by atoms with Crippen molar-refractivity contribution in [3.63, 3.8) is 0 Å². The number of fused-ring (bicyclic) bond motifs is 2. The average molecular weight is 380 g/mol. The summed E-state index contributed by atoms with van der Waals surface area (Å²) in [6, 6.07) is 12.8. The molecule has 0 saturated heterocycles. The zero-order valence-electron chi connectivity index (χ0n) is 15.5. The van der Waals surface area contributed by atoms with Gasteiger partial charge in [0.15, 0.2) is 0 Å². The first kappa shape index (κ1) is 18.1. The molecule has 0 amide bonds. The van der Waals surface area contributed by atoms with Crippen LogP contribution in [0.1, 0.15) is 29.0 Å². The number of nitrogen functional groups attached to an aromatic ring is 1. The second-order valence-electron chi connectivity index (χ2n) is 6.62. The standard InChI is InChI=1S/C21H21N3O4/c1-27-16-6-3-2-5-14(16)18-15-8-7-13(26)11-17(15)28-21-19(18)20(22)24(12-23-21)9-4-10-25/h2-3,5-8,11-12,18,22,25-26H,4,9-10H2,1H3/p+1/t18-/m1/s1. The lowest BCUT2D eigenvalue weighted by Gasteiger charge is -2.28. The van der Waals surface area contributed by atoms with Gasteiger partial charge in [-0.2, -0.15) is 0 Å². The second kappa shape index (κ2) is 7.36. The molecule has 4 rings (SSSR count). The van der Waals surface area contributed by atoms with Crippen LogP contribution < -0.4 is 19.8 Å². The van der Waals surface area contributed by atoms with Crippen molar-refractivity contribution in [1.29, 1.82) is 0 Å². The van der Waals surface area contributed by atoms with Crippen LogP contribution in [0.25, 0.3) is 0 Å². The zero-order chi connectivity index (χ0) is 19.7. The molecule has 4 N–H and O–H groups in total. The van der Waals surface area contributed by atoms with Gasteiger partial charge in [-0.25, -0.2) is 4.57 Å². The molecule has 0 unspecified atom stereocenters. The molecule has 1 aliphatic heterocycles. The van der Waals surface area contributed by atoms with Crippen molar-refractivity contribution in [3.05, 3.63) is 65.5 Å². The van der Waals surface area contributed by atoms with Crippen LogP contribution in [0.3, 0.4) is 0 Å². The van der Waals surface area contributed by atoms with Crippen molar-refractivity contribution < 1.29 is 24.3 Å². The van der Waals surface area contributed by atoms with Crippen molar-refractivity contribution in [2.45, 2.75) is 18.9 Å². The Balaban J connectivity index is 1.96. The van der Waals surface area contributed by atoms with Gasteiger partial charge in [0.25, 0.3) is 0 Å². The third-order valence-electron chi connectivity index (χ3n) is 4.94.